The molecule has 0 saturated carbocycles. The maximum Gasteiger partial charge on any atom is 0.238 e. The highest BCUT2D eigenvalue weighted by atomic mass is 32.2. The molecular formula is C16H26N4O3S. The topological polar surface area (TPSA) is 113 Å². The first-order valence-corrected chi connectivity index (χ1v) is 9.49. The van der Waals surface area contributed by atoms with Crippen LogP contribution in [0.3, 0.4) is 0 Å². The molecule has 7 nitrogen and oxygen atoms in total. The third-order valence-electron chi connectivity index (χ3n) is 3.69. The lowest BCUT2D eigenvalue weighted by Gasteiger charge is -2.39. The van der Waals surface area contributed by atoms with E-state index in [-0.39, 0.29) is 5.91 Å². The quantitative estimate of drug-likeness (QED) is 0.560. The molecular weight excluding hydrogens is 328 g/mol. The molecule has 5 N–H and O–H groups in total. The van der Waals surface area contributed by atoms with Gasteiger partial charge in [0.15, 0.2) is 0 Å². The Kier molecular flexibility index (Phi) is 5.64. The van der Waals surface area contributed by atoms with Crippen molar-refractivity contribution in [3.8, 4) is 0 Å². The van der Waals surface area contributed by atoms with E-state index in [1.54, 1.807) is 20.8 Å². The second kappa shape index (κ2) is 7.18. The highest BCUT2D eigenvalue weighted by Gasteiger charge is 2.43. The van der Waals surface area contributed by atoms with E-state index in [4.69, 9.17) is 5.73 Å². The number of rotatable bonds is 6. The summed E-state index contributed by atoms with van der Waals surface area (Å²) >= 11 is 0. The lowest BCUT2D eigenvalue weighted by Crippen LogP contribution is -2.71. The highest BCUT2D eigenvalue weighted by molar-refractivity contribution is 7.90. The van der Waals surface area contributed by atoms with E-state index in [2.05, 4.69) is 15.4 Å². The molecule has 1 heterocycles. The third-order valence-corrected chi connectivity index (χ3v) is 5.82. The number of amides is 1. The van der Waals surface area contributed by atoms with Crippen molar-refractivity contribution in [3.63, 3.8) is 0 Å². The number of carbonyl (C=O) groups excluding carboxylic acids is 1. The summed E-state index contributed by atoms with van der Waals surface area (Å²) in [7, 11) is -3.53. The summed E-state index contributed by atoms with van der Waals surface area (Å²) in [5, 5.41) is 4.91. The van der Waals surface area contributed by atoms with E-state index in [0.29, 0.717) is 13.0 Å². The number of benzene rings is 1. The molecule has 1 aromatic rings. The van der Waals surface area contributed by atoms with Gasteiger partial charge in [0.1, 0.15) is 5.25 Å². The maximum absolute atomic E-state index is 12.3. The Labute approximate surface area is 143 Å². The molecule has 1 saturated heterocycles. The fourth-order valence-electron chi connectivity index (χ4n) is 2.49. The zero-order valence-corrected chi connectivity index (χ0v) is 15.1. The maximum atomic E-state index is 12.3. The van der Waals surface area contributed by atoms with Crippen LogP contribution in [0.2, 0.25) is 0 Å². The van der Waals surface area contributed by atoms with Gasteiger partial charge in [-0.2, -0.15) is 0 Å². The Hall–Kier alpha value is -1.48. The fraction of sp³-hybridized carbons (Fsp3) is 0.562. The van der Waals surface area contributed by atoms with E-state index in [9.17, 15) is 13.2 Å². The van der Waals surface area contributed by atoms with Crippen LogP contribution in [0, 0.1) is 0 Å². The van der Waals surface area contributed by atoms with Crippen LogP contribution in [-0.2, 0) is 21.2 Å². The van der Waals surface area contributed by atoms with E-state index in [1.807, 2.05) is 30.3 Å². The van der Waals surface area contributed by atoms with Gasteiger partial charge in [-0.05, 0) is 32.8 Å². The number of nitrogens with two attached hydrogens (primary N) is 1. The summed E-state index contributed by atoms with van der Waals surface area (Å²) in [6, 6.07) is 8.73. The molecule has 0 spiro atoms. The van der Waals surface area contributed by atoms with Gasteiger partial charge in [0.2, 0.25) is 15.9 Å². The second-order valence-electron chi connectivity index (χ2n) is 7.13. The van der Waals surface area contributed by atoms with Gasteiger partial charge >= 0.3 is 0 Å². The molecule has 1 aromatic carbocycles. The highest BCUT2D eigenvalue weighted by Crippen LogP contribution is 2.15. The molecule has 1 unspecified atom stereocenters. The SMILES string of the molecule is CC(C)(C)NS(=O)(=O)[C@@H]1CNC1NC(=O)[C@@H](N)Cc1ccccc1. The van der Waals surface area contributed by atoms with Crippen molar-refractivity contribution in [1.82, 2.24) is 15.4 Å². The first-order chi connectivity index (χ1) is 11.1. The van der Waals surface area contributed by atoms with Crippen LogP contribution in [0.5, 0.6) is 0 Å². The zero-order valence-electron chi connectivity index (χ0n) is 14.2. The van der Waals surface area contributed by atoms with Crippen molar-refractivity contribution in [2.75, 3.05) is 6.54 Å². The average molecular weight is 354 g/mol. The molecule has 0 radical (unpaired) electrons. The molecule has 0 aliphatic carbocycles. The standard InChI is InChI=1S/C16H26N4O3S/c1-16(2,3)20-24(22,23)13-10-18-14(13)19-15(21)12(17)9-11-7-5-4-6-8-11/h4-8,12-14,18,20H,9-10,17H2,1-3H3,(H,19,21)/t12-,13+,14?/m0/s1. The number of sulfonamides is 1. The summed E-state index contributed by atoms with van der Waals surface area (Å²) in [6.45, 7) is 5.63. The minimum Gasteiger partial charge on any atom is -0.338 e. The van der Waals surface area contributed by atoms with Crippen LogP contribution in [0.1, 0.15) is 26.3 Å². The van der Waals surface area contributed by atoms with Crippen molar-refractivity contribution in [2.24, 2.45) is 5.73 Å². The van der Waals surface area contributed by atoms with Crippen LogP contribution in [0.25, 0.3) is 0 Å². The number of carbonyl (C=O) groups is 1. The minimum atomic E-state index is -3.53. The van der Waals surface area contributed by atoms with E-state index in [1.165, 1.54) is 0 Å². The largest absolute Gasteiger partial charge is 0.338 e. The van der Waals surface area contributed by atoms with E-state index < -0.39 is 33.0 Å². The zero-order chi connectivity index (χ0) is 18.0. The van der Waals surface area contributed by atoms with E-state index >= 15 is 0 Å². The minimum absolute atomic E-state index is 0.296. The van der Waals surface area contributed by atoms with Gasteiger partial charge < -0.3 is 11.1 Å². The van der Waals surface area contributed by atoms with Gasteiger partial charge in [-0.15, -0.1) is 0 Å². The van der Waals surface area contributed by atoms with Gasteiger partial charge in [-0.1, -0.05) is 30.3 Å². The van der Waals surface area contributed by atoms with Crippen molar-refractivity contribution < 1.29 is 13.2 Å². The van der Waals surface area contributed by atoms with Crippen LogP contribution in [0.15, 0.2) is 30.3 Å². The summed E-state index contributed by atoms with van der Waals surface area (Å²) in [6.07, 6.45) is -0.226. The van der Waals surface area contributed by atoms with Gasteiger partial charge in [0.25, 0.3) is 0 Å². The fourth-order valence-corrected chi connectivity index (χ4v) is 4.33. The average Bonchev–Trinajstić information content (AvgIpc) is 2.41. The summed E-state index contributed by atoms with van der Waals surface area (Å²) in [5.41, 5.74) is 6.32. The molecule has 8 heteroatoms. The normalized spacial score (nSPS) is 22.5. The van der Waals surface area contributed by atoms with Crippen LogP contribution >= 0.6 is 0 Å². The Bertz CT molecular complexity index is 670. The van der Waals surface area contributed by atoms with Gasteiger partial charge in [-0.25, -0.2) is 13.1 Å². The lowest BCUT2D eigenvalue weighted by molar-refractivity contribution is -0.123. The summed E-state index contributed by atoms with van der Waals surface area (Å²) < 4.78 is 27.3. The first-order valence-electron chi connectivity index (χ1n) is 7.94. The van der Waals surface area contributed by atoms with Crippen molar-refractivity contribution in [2.45, 2.75) is 50.2 Å². The molecule has 3 atom stereocenters. The Morgan fingerprint density at radius 3 is 2.46 bits per heavy atom. The Balaban J connectivity index is 1.92. The van der Waals surface area contributed by atoms with Gasteiger partial charge in [0.05, 0.1) is 12.2 Å². The van der Waals surface area contributed by atoms with Crippen LogP contribution in [0.4, 0.5) is 0 Å². The molecule has 1 fully saturated rings. The molecule has 1 amide bonds. The number of hydrogen-bond acceptors (Lipinski definition) is 5. The monoisotopic (exact) mass is 354 g/mol. The summed E-state index contributed by atoms with van der Waals surface area (Å²) in [4.78, 5) is 12.2. The molecule has 2 rings (SSSR count). The molecule has 1 aliphatic rings. The van der Waals surface area contributed by atoms with E-state index in [0.717, 1.165) is 5.56 Å². The van der Waals surface area contributed by atoms with Crippen molar-refractivity contribution >= 4 is 15.9 Å². The molecule has 0 bridgehead atoms. The lowest BCUT2D eigenvalue weighted by atomic mass is 10.1. The summed E-state index contributed by atoms with van der Waals surface area (Å²) in [5.74, 6) is -0.369. The molecule has 0 aromatic heterocycles. The van der Waals surface area contributed by atoms with Gasteiger partial charge in [-0.3, -0.25) is 10.1 Å². The Morgan fingerprint density at radius 2 is 1.96 bits per heavy atom. The van der Waals surface area contributed by atoms with Crippen molar-refractivity contribution in [3.05, 3.63) is 35.9 Å². The molecule has 24 heavy (non-hydrogen) atoms. The molecule has 1 aliphatic heterocycles. The predicted molar refractivity (Wildman–Crippen MR) is 93.7 cm³/mol. The first kappa shape index (κ1) is 18.9. The van der Waals surface area contributed by atoms with Crippen molar-refractivity contribution in [1.29, 1.82) is 0 Å². The van der Waals surface area contributed by atoms with Gasteiger partial charge in [0, 0.05) is 12.1 Å². The number of hydrogen-bond donors (Lipinski definition) is 4. The predicted octanol–water partition coefficient (Wildman–Crippen LogP) is -0.312. The van der Waals surface area contributed by atoms with Crippen LogP contribution < -0.4 is 21.1 Å². The third kappa shape index (κ3) is 5.01. The smallest absolute Gasteiger partial charge is 0.238 e. The second-order valence-corrected chi connectivity index (χ2v) is 9.03. The Morgan fingerprint density at radius 1 is 1.33 bits per heavy atom. The van der Waals surface area contributed by atoms with Crippen LogP contribution in [-0.4, -0.2) is 43.9 Å². The molecule has 134 valence electrons. The number of nitrogens with one attached hydrogen (secondary N) is 3.